The zero-order valence-electron chi connectivity index (χ0n) is 19.7. The molecule has 0 atom stereocenters. The molecule has 0 saturated carbocycles. The Morgan fingerprint density at radius 2 is 1.68 bits per heavy atom. The van der Waals surface area contributed by atoms with Gasteiger partial charge in [-0.15, -0.1) is 0 Å². The van der Waals surface area contributed by atoms with E-state index in [-0.39, 0.29) is 0 Å². The first-order chi connectivity index (χ1) is 15.1. The molecule has 2 aromatic carbocycles. The Morgan fingerprint density at radius 1 is 0.968 bits per heavy atom. The van der Waals surface area contributed by atoms with Crippen LogP contribution in [-0.2, 0) is 11.3 Å². The smallest absolute Gasteiger partial charge is 0.125 e. The Hall–Kier alpha value is -2.75. The predicted molar refractivity (Wildman–Crippen MR) is 130 cm³/mol. The highest BCUT2D eigenvalue weighted by atomic mass is 16.6. The van der Waals surface area contributed by atoms with Crippen molar-refractivity contribution in [2.24, 2.45) is 5.16 Å². The van der Waals surface area contributed by atoms with E-state index in [1.165, 1.54) is 5.56 Å². The lowest BCUT2D eigenvalue weighted by Gasteiger charge is -2.14. The number of aryl methyl sites for hydroxylation is 3. The Labute approximate surface area is 187 Å². The van der Waals surface area contributed by atoms with Gasteiger partial charge in [-0.3, -0.25) is 0 Å². The van der Waals surface area contributed by atoms with E-state index in [9.17, 15) is 0 Å². The largest absolute Gasteiger partial charge is 0.493 e. The maximum atomic E-state index is 6.08. The van der Waals surface area contributed by atoms with E-state index in [0.29, 0.717) is 6.61 Å². The number of ether oxygens (including phenoxy) is 2. The van der Waals surface area contributed by atoms with E-state index in [0.717, 1.165) is 72.6 Å². The third-order valence-electron chi connectivity index (χ3n) is 5.20. The normalized spacial score (nSPS) is 11.7. The molecule has 0 heterocycles. The van der Waals surface area contributed by atoms with Gasteiger partial charge in [-0.05, 0) is 87.3 Å². The van der Waals surface area contributed by atoms with Crippen LogP contribution in [0.2, 0.25) is 0 Å². The fourth-order valence-electron chi connectivity index (χ4n) is 3.54. The molecule has 0 saturated heterocycles. The molecule has 0 radical (unpaired) electrons. The molecule has 0 aromatic heterocycles. The van der Waals surface area contributed by atoms with E-state index in [2.05, 4.69) is 62.3 Å². The van der Waals surface area contributed by atoms with Crippen LogP contribution in [0.4, 0.5) is 0 Å². The van der Waals surface area contributed by atoms with E-state index in [1.54, 1.807) is 7.11 Å². The van der Waals surface area contributed by atoms with Crippen LogP contribution >= 0.6 is 0 Å². The number of nitrogens with zero attached hydrogens (tertiary/aromatic N) is 1. The molecular formula is C27H37NO3. The minimum Gasteiger partial charge on any atom is -0.493 e. The zero-order chi connectivity index (χ0) is 22.5. The lowest BCUT2D eigenvalue weighted by Crippen LogP contribution is -2.02. The third-order valence-corrected chi connectivity index (χ3v) is 5.20. The van der Waals surface area contributed by atoms with Crippen molar-refractivity contribution in [2.75, 3.05) is 20.3 Å². The Bertz CT molecular complexity index is 830. The summed E-state index contributed by atoms with van der Waals surface area (Å²) in [5.41, 5.74) is 5.72. The van der Waals surface area contributed by atoms with Crippen molar-refractivity contribution in [1.82, 2.24) is 0 Å². The van der Waals surface area contributed by atoms with Gasteiger partial charge in [0.1, 0.15) is 25.2 Å². The van der Waals surface area contributed by atoms with Gasteiger partial charge in [0.2, 0.25) is 0 Å². The summed E-state index contributed by atoms with van der Waals surface area (Å²) in [6.07, 6.45) is 9.29. The summed E-state index contributed by atoms with van der Waals surface area (Å²) in [6, 6.07) is 12.8. The van der Waals surface area contributed by atoms with Gasteiger partial charge in [0, 0.05) is 0 Å². The van der Waals surface area contributed by atoms with E-state index >= 15 is 0 Å². The highest BCUT2D eigenvalue weighted by molar-refractivity contribution is 6.00. The van der Waals surface area contributed by atoms with Crippen LogP contribution in [-0.4, -0.2) is 26.0 Å². The average molecular weight is 424 g/mol. The summed E-state index contributed by atoms with van der Waals surface area (Å²) < 4.78 is 11.8. The van der Waals surface area contributed by atoms with Crippen molar-refractivity contribution in [3.05, 3.63) is 70.8 Å². The molecule has 2 rings (SSSR count). The van der Waals surface area contributed by atoms with Crippen LogP contribution in [0.1, 0.15) is 61.8 Å². The van der Waals surface area contributed by atoms with Gasteiger partial charge in [-0.25, -0.2) is 0 Å². The highest BCUT2D eigenvalue weighted by Crippen LogP contribution is 2.28. The van der Waals surface area contributed by atoms with Crippen LogP contribution in [0.15, 0.2) is 53.7 Å². The Morgan fingerprint density at radius 3 is 2.29 bits per heavy atom. The lowest BCUT2D eigenvalue weighted by atomic mass is 10.0. The Kier molecular flexibility index (Phi) is 10.7. The van der Waals surface area contributed by atoms with Gasteiger partial charge in [0.25, 0.3) is 0 Å². The molecule has 31 heavy (non-hydrogen) atoms. The summed E-state index contributed by atoms with van der Waals surface area (Å²) >= 11 is 0. The topological polar surface area (TPSA) is 40.0 Å². The van der Waals surface area contributed by atoms with Crippen molar-refractivity contribution in [3.63, 3.8) is 0 Å². The molecular weight excluding hydrogens is 386 g/mol. The van der Waals surface area contributed by atoms with Gasteiger partial charge in [-0.1, -0.05) is 48.5 Å². The van der Waals surface area contributed by atoms with Gasteiger partial charge in [0.05, 0.1) is 12.3 Å². The molecule has 4 heteroatoms. The second kappa shape index (κ2) is 13.5. The number of hydrogen-bond donors (Lipinski definition) is 0. The minimum atomic E-state index is 0.596. The van der Waals surface area contributed by atoms with Crippen LogP contribution in [0.5, 0.6) is 11.5 Å². The predicted octanol–water partition coefficient (Wildman–Crippen LogP) is 6.81. The highest BCUT2D eigenvalue weighted by Gasteiger charge is 2.07. The first-order valence-electron chi connectivity index (χ1n) is 11.3. The standard InChI is InChI=1S/C27H37NO3/c1-6-8-17-30-25-19-21(3)27(22(4)20-25)31-18-11-9-10-12-23-13-15-24(16-14-23)26(7-2)28-29-5/h6,8,13-16,19-20H,7,9-12,17-18H2,1-5H3/b8-6+,28-26+. The lowest BCUT2D eigenvalue weighted by molar-refractivity contribution is 0.213. The van der Waals surface area contributed by atoms with Crippen molar-refractivity contribution in [3.8, 4) is 11.5 Å². The molecule has 0 bridgehead atoms. The van der Waals surface area contributed by atoms with E-state index < -0.39 is 0 Å². The number of allylic oxidation sites excluding steroid dienone is 1. The molecule has 168 valence electrons. The van der Waals surface area contributed by atoms with Crippen LogP contribution in [0.3, 0.4) is 0 Å². The summed E-state index contributed by atoms with van der Waals surface area (Å²) in [5, 5.41) is 4.09. The summed E-state index contributed by atoms with van der Waals surface area (Å²) in [4.78, 5) is 4.92. The van der Waals surface area contributed by atoms with Crippen molar-refractivity contribution < 1.29 is 14.3 Å². The maximum absolute atomic E-state index is 6.08. The Balaban J connectivity index is 1.73. The van der Waals surface area contributed by atoms with Gasteiger partial charge >= 0.3 is 0 Å². The summed E-state index contributed by atoms with van der Waals surface area (Å²) in [6.45, 7) is 9.58. The monoisotopic (exact) mass is 423 g/mol. The zero-order valence-corrected chi connectivity index (χ0v) is 19.7. The van der Waals surface area contributed by atoms with E-state index in [1.807, 2.05) is 19.1 Å². The molecule has 4 nitrogen and oxygen atoms in total. The summed E-state index contributed by atoms with van der Waals surface area (Å²) in [7, 11) is 1.59. The molecule has 0 fully saturated rings. The minimum absolute atomic E-state index is 0.596. The number of benzene rings is 2. The van der Waals surface area contributed by atoms with Crippen molar-refractivity contribution >= 4 is 5.71 Å². The molecule has 0 aliphatic carbocycles. The first kappa shape index (κ1) is 24.5. The second-order valence-electron chi connectivity index (χ2n) is 7.70. The maximum Gasteiger partial charge on any atom is 0.125 e. The fourth-order valence-corrected chi connectivity index (χ4v) is 3.54. The molecule has 0 unspecified atom stereocenters. The number of rotatable bonds is 13. The number of oxime groups is 1. The van der Waals surface area contributed by atoms with E-state index in [4.69, 9.17) is 14.3 Å². The van der Waals surface area contributed by atoms with Crippen molar-refractivity contribution in [1.29, 1.82) is 0 Å². The molecule has 0 aliphatic heterocycles. The molecule has 0 aliphatic rings. The van der Waals surface area contributed by atoms with Gasteiger partial charge < -0.3 is 14.3 Å². The number of unbranched alkanes of at least 4 members (excludes halogenated alkanes) is 2. The molecule has 2 aromatic rings. The average Bonchev–Trinajstić information content (AvgIpc) is 2.76. The molecule has 0 amide bonds. The SMILES string of the molecule is C/C=C/COc1cc(C)c(OCCCCCc2ccc(/C(CC)=N/OC)cc2)c(C)c1. The molecule has 0 spiro atoms. The fraction of sp³-hybridized carbons (Fsp3) is 0.444. The number of hydrogen-bond acceptors (Lipinski definition) is 4. The van der Waals surface area contributed by atoms with Gasteiger partial charge in [-0.2, -0.15) is 0 Å². The first-order valence-corrected chi connectivity index (χ1v) is 11.3. The quantitative estimate of drug-likeness (QED) is 0.154. The van der Waals surface area contributed by atoms with Gasteiger partial charge in [0.15, 0.2) is 0 Å². The van der Waals surface area contributed by atoms with Crippen LogP contribution in [0.25, 0.3) is 0 Å². The van der Waals surface area contributed by atoms with Crippen molar-refractivity contribution in [2.45, 2.75) is 59.8 Å². The summed E-state index contributed by atoms with van der Waals surface area (Å²) in [5.74, 6) is 1.88. The van der Waals surface area contributed by atoms with Crippen LogP contribution < -0.4 is 9.47 Å². The van der Waals surface area contributed by atoms with Crippen LogP contribution in [0, 0.1) is 13.8 Å². The third kappa shape index (κ3) is 8.12. The molecule has 0 N–H and O–H groups in total. The second-order valence-corrected chi connectivity index (χ2v) is 7.70.